The van der Waals surface area contributed by atoms with Crippen molar-refractivity contribution < 1.29 is 14.3 Å². The van der Waals surface area contributed by atoms with Gasteiger partial charge in [-0.3, -0.25) is 4.79 Å². The van der Waals surface area contributed by atoms with E-state index in [4.69, 9.17) is 4.74 Å². The van der Waals surface area contributed by atoms with Crippen LogP contribution in [0.2, 0.25) is 0 Å². The van der Waals surface area contributed by atoms with Crippen molar-refractivity contribution in [2.24, 2.45) is 0 Å². The van der Waals surface area contributed by atoms with Crippen LogP contribution in [0.5, 0.6) is 0 Å². The number of amides is 1. The molecule has 0 aliphatic carbocycles. The summed E-state index contributed by atoms with van der Waals surface area (Å²) in [5.41, 5.74) is 1.23. The molecule has 1 aromatic heterocycles. The molecule has 2 aromatic rings. The molecule has 7 heteroatoms. The summed E-state index contributed by atoms with van der Waals surface area (Å²) in [6.07, 6.45) is 1.11. The highest BCUT2D eigenvalue weighted by molar-refractivity contribution is 5.88. The van der Waals surface area contributed by atoms with E-state index >= 15 is 0 Å². The third-order valence-electron chi connectivity index (χ3n) is 2.88. The fourth-order valence-electron chi connectivity index (χ4n) is 1.79. The Bertz CT molecular complexity index is 584. The van der Waals surface area contributed by atoms with Gasteiger partial charge in [-0.25, -0.2) is 4.79 Å². The molecule has 0 fully saturated rings. The number of benzene rings is 1. The van der Waals surface area contributed by atoms with Crippen LogP contribution in [0.15, 0.2) is 36.5 Å². The first-order chi connectivity index (χ1) is 10.2. The topological polar surface area (TPSA) is 97.0 Å². The molecule has 0 radical (unpaired) electrons. The minimum Gasteiger partial charge on any atom is -0.443 e. The molecule has 2 rings (SSSR count). The van der Waals surface area contributed by atoms with E-state index in [9.17, 15) is 9.59 Å². The van der Waals surface area contributed by atoms with Crippen LogP contribution in [0.3, 0.4) is 0 Å². The predicted octanol–water partition coefficient (Wildman–Crippen LogP) is 1.75. The van der Waals surface area contributed by atoms with Gasteiger partial charge in [-0.05, 0) is 5.56 Å². The zero-order valence-electron chi connectivity index (χ0n) is 11.6. The first-order valence-corrected chi connectivity index (χ1v) is 6.56. The van der Waals surface area contributed by atoms with Crippen LogP contribution in [0.1, 0.15) is 30.6 Å². The Balaban J connectivity index is 1.98. The molecule has 7 nitrogen and oxygen atoms in total. The summed E-state index contributed by atoms with van der Waals surface area (Å²) in [5, 5.41) is 12.4. The van der Waals surface area contributed by atoms with Gasteiger partial charge in [0.2, 0.25) is 0 Å². The molecule has 1 heterocycles. The van der Waals surface area contributed by atoms with Gasteiger partial charge in [0.05, 0.1) is 6.20 Å². The van der Waals surface area contributed by atoms with Crippen LogP contribution < -0.4 is 5.32 Å². The van der Waals surface area contributed by atoms with E-state index in [1.54, 1.807) is 19.1 Å². The van der Waals surface area contributed by atoms with Crippen molar-refractivity contribution >= 4 is 11.9 Å². The molecule has 0 bridgehead atoms. The van der Waals surface area contributed by atoms with Crippen LogP contribution in [-0.2, 0) is 16.1 Å². The molecule has 110 valence electrons. The number of alkyl carbamates (subject to hydrolysis) is 1. The van der Waals surface area contributed by atoms with Crippen molar-refractivity contribution in [2.45, 2.75) is 26.0 Å². The number of ether oxygens (including phenoxy) is 1. The van der Waals surface area contributed by atoms with Crippen LogP contribution in [0, 0.1) is 0 Å². The zero-order chi connectivity index (χ0) is 15.1. The lowest BCUT2D eigenvalue weighted by Gasteiger charge is -2.17. The second-order valence-electron chi connectivity index (χ2n) is 4.35. The molecule has 1 amide bonds. The molecule has 0 saturated heterocycles. The first-order valence-electron chi connectivity index (χ1n) is 6.56. The maximum atomic E-state index is 12.0. The largest absolute Gasteiger partial charge is 0.443 e. The van der Waals surface area contributed by atoms with E-state index in [2.05, 4.69) is 20.7 Å². The number of Topliss-reactive ketones (excluding diaryl/α,β-unsaturated/α-hetero) is 1. The zero-order valence-corrected chi connectivity index (χ0v) is 11.6. The summed E-state index contributed by atoms with van der Waals surface area (Å²) in [6, 6.07) is 8.34. The van der Waals surface area contributed by atoms with Crippen molar-refractivity contribution in [2.75, 3.05) is 0 Å². The molecule has 1 atom stereocenters. The number of aromatic amines is 1. The molecule has 0 aliphatic rings. The van der Waals surface area contributed by atoms with Crippen LogP contribution in [0.4, 0.5) is 4.79 Å². The SMILES string of the molecule is CCC(=O)[C@H](NC(=O)OCc1cn[nH]n1)c1ccccc1. The van der Waals surface area contributed by atoms with Gasteiger partial charge in [-0.1, -0.05) is 37.3 Å². The summed E-state index contributed by atoms with van der Waals surface area (Å²) in [4.78, 5) is 23.8. The Morgan fingerprint density at radius 2 is 2.10 bits per heavy atom. The second-order valence-corrected chi connectivity index (χ2v) is 4.35. The number of H-pyrrole nitrogens is 1. The minimum atomic E-state index is -0.707. The van der Waals surface area contributed by atoms with Gasteiger partial charge in [0.25, 0.3) is 0 Å². The van der Waals surface area contributed by atoms with Gasteiger partial charge >= 0.3 is 6.09 Å². The van der Waals surface area contributed by atoms with Gasteiger partial charge < -0.3 is 10.1 Å². The minimum absolute atomic E-state index is 0.00976. The van der Waals surface area contributed by atoms with Gasteiger partial charge in [0.15, 0.2) is 5.78 Å². The molecular formula is C14H16N4O3. The van der Waals surface area contributed by atoms with Crippen molar-refractivity contribution in [3.63, 3.8) is 0 Å². The number of hydrogen-bond donors (Lipinski definition) is 2. The highest BCUT2D eigenvalue weighted by atomic mass is 16.5. The lowest BCUT2D eigenvalue weighted by molar-refractivity contribution is -0.120. The summed E-state index contributed by atoms with van der Waals surface area (Å²) >= 11 is 0. The van der Waals surface area contributed by atoms with E-state index in [1.807, 2.05) is 18.2 Å². The van der Waals surface area contributed by atoms with E-state index in [1.165, 1.54) is 6.20 Å². The van der Waals surface area contributed by atoms with Gasteiger partial charge in [-0.15, -0.1) is 0 Å². The molecule has 0 spiro atoms. The molecule has 0 unspecified atom stereocenters. The number of nitrogens with zero attached hydrogens (tertiary/aromatic N) is 2. The van der Waals surface area contributed by atoms with Crippen molar-refractivity contribution in [1.82, 2.24) is 20.7 Å². The van der Waals surface area contributed by atoms with E-state index < -0.39 is 12.1 Å². The van der Waals surface area contributed by atoms with E-state index in [0.717, 1.165) is 5.56 Å². The summed E-state index contributed by atoms with van der Waals surface area (Å²) in [6.45, 7) is 1.74. The molecular weight excluding hydrogens is 272 g/mol. The highest BCUT2D eigenvalue weighted by Crippen LogP contribution is 2.15. The van der Waals surface area contributed by atoms with Crippen molar-refractivity contribution in [3.05, 3.63) is 47.8 Å². The average Bonchev–Trinajstić information content (AvgIpc) is 3.04. The summed E-state index contributed by atoms with van der Waals surface area (Å²) in [5.74, 6) is -0.0837. The Kier molecular flexibility index (Phi) is 5.03. The molecule has 1 aromatic carbocycles. The first kappa shape index (κ1) is 14.7. The van der Waals surface area contributed by atoms with E-state index in [-0.39, 0.29) is 12.4 Å². The number of rotatable bonds is 6. The fraction of sp³-hybridized carbons (Fsp3) is 0.286. The third kappa shape index (κ3) is 4.13. The number of carbonyl (C=O) groups excluding carboxylic acids is 2. The van der Waals surface area contributed by atoms with Crippen LogP contribution >= 0.6 is 0 Å². The van der Waals surface area contributed by atoms with Crippen LogP contribution in [-0.4, -0.2) is 27.3 Å². The molecule has 2 N–H and O–H groups in total. The van der Waals surface area contributed by atoms with Gasteiger partial charge in [0, 0.05) is 6.42 Å². The fourth-order valence-corrected chi connectivity index (χ4v) is 1.79. The van der Waals surface area contributed by atoms with Gasteiger partial charge in [-0.2, -0.15) is 15.4 Å². The Hall–Kier alpha value is -2.70. The second kappa shape index (κ2) is 7.18. The summed E-state index contributed by atoms with van der Waals surface area (Å²) in [7, 11) is 0. The quantitative estimate of drug-likeness (QED) is 0.844. The van der Waals surface area contributed by atoms with E-state index in [0.29, 0.717) is 12.1 Å². The van der Waals surface area contributed by atoms with Crippen molar-refractivity contribution in [3.8, 4) is 0 Å². The van der Waals surface area contributed by atoms with Gasteiger partial charge in [0.1, 0.15) is 18.3 Å². The lowest BCUT2D eigenvalue weighted by atomic mass is 10.0. The lowest BCUT2D eigenvalue weighted by Crippen LogP contribution is -2.34. The van der Waals surface area contributed by atoms with Crippen LogP contribution in [0.25, 0.3) is 0 Å². The summed E-state index contributed by atoms with van der Waals surface area (Å²) < 4.78 is 5.01. The smallest absolute Gasteiger partial charge is 0.408 e. The number of aromatic nitrogens is 3. The average molecular weight is 288 g/mol. The molecule has 0 aliphatic heterocycles. The number of carbonyl (C=O) groups is 2. The third-order valence-corrected chi connectivity index (χ3v) is 2.88. The Morgan fingerprint density at radius 3 is 2.71 bits per heavy atom. The maximum absolute atomic E-state index is 12.0. The van der Waals surface area contributed by atoms with Crippen molar-refractivity contribution in [1.29, 1.82) is 0 Å². The highest BCUT2D eigenvalue weighted by Gasteiger charge is 2.21. The maximum Gasteiger partial charge on any atom is 0.408 e. The predicted molar refractivity (Wildman–Crippen MR) is 74.2 cm³/mol. The monoisotopic (exact) mass is 288 g/mol. The molecule has 0 saturated carbocycles. The standard InChI is InChI=1S/C14H16N4O3/c1-2-12(19)13(10-6-4-3-5-7-10)16-14(20)21-9-11-8-15-18-17-11/h3-8,13H,2,9H2,1H3,(H,16,20)(H,15,17,18)/t13-/m1/s1. The number of hydrogen-bond acceptors (Lipinski definition) is 5. The molecule has 21 heavy (non-hydrogen) atoms. The Morgan fingerprint density at radius 1 is 1.33 bits per heavy atom. The Labute approximate surface area is 121 Å². The number of nitrogens with one attached hydrogen (secondary N) is 2. The normalized spacial score (nSPS) is 11.7. The number of ketones is 1.